The molecule has 0 bridgehead atoms. The minimum absolute atomic E-state index is 0.143. The Hall–Kier alpha value is -3.12. The van der Waals surface area contributed by atoms with Crippen LogP contribution < -0.4 is 14.8 Å². The summed E-state index contributed by atoms with van der Waals surface area (Å²) in [4.78, 5) is 18.7. The quantitative estimate of drug-likeness (QED) is 0.467. The molecule has 2 aliphatic heterocycles. The molecule has 1 saturated carbocycles. The van der Waals surface area contributed by atoms with Crippen molar-refractivity contribution in [1.82, 2.24) is 0 Å². The number of rotatable bonds is 2. The standard InChI is InChI=1S/C26H21BrN2O3/c27-18-13-24-23(31-14-32-24)12-17(18)26-25-21(28-19-8-4-5-9-20(19)29-26)10-16(11-22(25)30)15-6-2-1-3-7-15/h1-9,12-13,16,25-26,29H,10-11,14H2. The van der Waals surface area contributed by atoms with Gasteiger partial charge in [0.25, 0.3) is 0 Å². The number of aliphatic imine (C=N–C) groups is 1. The largest absolute Gasteiger partial charge is 0.454 e. The first kappa shape index (κ1) is 19.6. The number of Topliss-reactive ketones (excluding diaryl/α,β-unsaturated/α-hetero) is 1. The third-order valence-electron chi connectivity index (χ3n) is 6.52. The molecule has 1 aliphatic carbocycles. The lowest BCUT2D eigenvalue weighted by Crippen LogP contribution is -2.38. The van der Waals surface area contributed by atoms with Gasteiger partial charge in [0.05, 0.1) is 23.3 Å². The van der Waals surface area contributed by atoms with Crippen molar-refractivity contribution >= 4 is 38.8 Å². The Kier molecular flexibility index (Phi) is 4.76. The Balaban J connectivity index is 1.47. The highest BCUT2D eigenvalue weighted by atomic mass is 79.9. The molecule has 0 spiro atoms. The summed E-state index contributed by atoms with van der Waals surface area (Å²) in [5, 5.41) is 3.63. The topological polar surface area (TPSA) is 59.9 Å². The lowest BCUT2D eigenvalue weighted by Gasteiger charge is -2.34. The zero-order valence-corrected chi connectivity index (χ0v) is 18.8. The molecule has 2 heterocycles. The molecular formula is C26H21BrN2O3. The maximum absolute atomic E-state index is 13.7. The highest BCUT2D eigenvalue weighted by Crippen LogP contribution is 2.47. The first-order valence-electron chi connectivity index (χ1n) is 10.8. The van der Waals surface area contributed by atoms with Gasteiger partial charge in [0, 0.05) is 16.6 Å². The molecule has 1 fully saturated rings. The molecule has 5 nitrogen and oxygen atoms in total. The SMILES string of the molecule is O=C1CC(c2ccccc2)CC2=Nc3ccccc3NC(c3cc4c(cc3Br)OCO4)C12. The Bertz CT molecular complexity index is 1240. The third kappa shape index (κ3) is 3.30. The smallest absolute Gasteiger partial charge is 0.231 e. The number of benzene rings is 3. The van der Waals surface area contributed by atoms with Crippen LogP contribution in [0.5, 0.6) is 11.5 Å². The van der Waals surface area contributed by atoms with Crippen LogP contribution in [0.25, 0.3) is 0 Å². The van der Waals surface area contributed by atoms with E-state index in [1.165, 1.54) is 5.56 Å². The van der Waals surface area contributed by atoms with Gasteiger partial charge in [-0.1, -0.05) is 58.4 Å². The van der Waals surface area contributed by atoms with Crippen LogP contribution in [0.15, 0.2) is 76.2 Å². The van der Waals surface area contributed by atoms with Crippen molar-refractivity contribution in [2.45, 2.75) is 24.8 Å². The van der Waals surface area contributed by atoms with Crippen LogP contribution in [0.1, 0.15) is 35.9 Å². The number of nitrogens with zero attached hydrogens (tertiary/aromatic N) is 1. The maximum atomic E-state index is 13.7. The van der Waals surface area contributed by atoms with Gasteiger partial charge in [-0.2, -0.15) is 0 Å². The highest BCUT2D eigenvalue weighted by Gasteiger charge is 2.42. The van der Waals surface area contributed by atoms with E-state index in [9.17, 15) is 4.79 Å². The molecule has 32 heavy (non-hydrogen) atoms. The maximum Gasteiger partial charge on any atom is 0.231 e. The van der Waals surface area contributed by atoms with Gasteiger partial charge in [-0.25, -0.2) is 0 Å². The van der Waals surface area contributed by atoms with Gasteiger partial charge >= 0.3 is 0 Å². The van der Waals surface area contributed by atoms with Crippen molar-refractivity contribution in [3.8, 4) is 11.5 Å². The van der Waals surface area contributed by atoms with Gasteiger partial charge in [-0.3, -0.25) is 9.79 Å². The molecule has 0 amide bonds. The van der Waals surface area contributed by atoms with E-state index in [-0.39, 0.29) is 30.5 Å². The minimum Gasteiger partial charge on any atom is -0.454 e. The molecular weight excluding hydrogens is 468 g/mol. The fourth-order valence-corrected chi connectivity index (χ4v) is 5.56. The first-order chi connectivity index (χ1) is 15.7. The van der Waals surface area contributed by atoms with Crippen LogP contribution in [0.2, 0.25) is 0 Å². The molecule has 6 rings (SSSR count). The van der Waals surface area contributed by atoms with Crippen LogP contribution >= 0.6 is 15.9 Å². The predicted molar refractivity (Wildman–Crippen MR) is 127 cm³/mol. The number of hydrogen-bond donors (Lipinski definition) is 1. The molecule has 3 aromatic rings. The molecule has 3 atom stereocenters. The second-order valence-electron chi connectivity index (χ2n) is 8.43. The summed E-state index contributed by atoms with van der Waals surface area (Å²) in [5.74, 6) is 1.41. The van der Waals surface area contributed by atoms with Gasteiger partial charge < -0.3 is 14.8 Å². The molecule has 1 N–H and O–H groups in total. The fraction of sp³-hybridized carbons (Fsp3) is 0.231. The van der Waals surface area contributed by atoms with Gasteiger partial charge in [-0.15, -0.1) is 0 Å². The summed E-state index contributed by atoms with van der Waals surface area (Å²) >= 11 is 3.71. The lowest BCUT2D eigenvalue weighted by molar-refractivity contribution is -0.122. The van der Waals surface area contributed by atoms with E-state index in [1.807, 2.05) is 54.6 Å². The van der Waals surface area contributed by atoms with Gasteiger partial charge in [0.2, 0.25) is 6.79 Å². The van der Waals surface area contributed by atoms with Crippen molar-refractivity contribution in [3.63, 3.8) is 0 Å². The number of para-hydroxylation sites is 2. The summed E-state index contributed by atoms with van der Waals surface area (Å²) in [5.41, 5.74) is 4.88. The second kappa shape index (κ2) is 7.78. The third-order valence-corrected chi connectivity index (χ3v) is 7.21. The molecule has 6 heteroatoms. The second-order valence-corrected chi connectivity index (χ2v) is 9.28. The monoisotopic (exact) mass is 488 g/mol. The molecule has 0 saturated heterocycles. The molecule has 3 unspecified atom stereocenters. The van der Waals surface area contributed by atoms with Gasteiger partial charge in [0.15, 0.2) is 11.5 Å². The molecule has 160 valence electrons. The Morgan fingerprint density at radius 2 is 1.69 bits per heavy atom. The zero-order chi connectivity index (χ0) is 21.7. The molecule has 3 aromatic carbocycles. The number of ketones is 1. The zero-order valence-electron chi connectivity index (χ0n) is 17.3. The van der Waals surface area contributed by atoms with Crippen LogP contribution in [0.3, 0.4) is 0 Å². The number of fused-ring (bicyclic) bond motifs is 3. The predicted octanol–water partition coefficient (Wildman–Crippen LogP) is 6.18. The number of hydrogen-bond acceptors (Lipinski definition) is 5. The highest BCUT2D eigenvalue weighted by molar-refractivity contribution is 9.10. The number of carbonyl (C=O) groups excluding carboxylic acids is 1. The fourth-order valence-electron chi connectivity index (χ4n) is 4.99. The summed E-state index contributed by atoms with van der Waals surface area (Å²) in [6.07, 6.45) is 1.26. The van der Waals surface area contributed by atoms with Crippen molar-refractivity contribution < 1.29 is 14.3 Å². The summed E-state index contributed by atoms with van der Waals surface area (Å²) in [7, 11) is 0. The normalized spacial score (nSPS) is 23.5. The first-order valence-corrected chi connectivity index (χ1v) is 11.6. The average molecular weight is 489 g/mol. The van der Waals surface area contributed by atoms with E-state index in [4.69, 9.17) is 14.5 Å². The Labute approximate surface area is 194 Å². The molecule has 0 aromatic heterocycles. The van der Waals surface area contributed by atoms with E-state index in [0.717, 1.165) is 33.5 Å². The van der Waals surface area contributed by atoms with Crippen molar-refractivity contribution in [2.75, 3.05) is 12.1 Å². The summed E-state index contributed by atoms with van der Waals surface area (Å²) in [6.45, 7) is 0.208. The summed E-state index contributed by atoms with van der Waals surface area (Å²) in [6, 6.07) is 21.9. The Morgan fingerprint density at radius 1 is 0.938 bits per heavy atom. The molecule has 3 aliphatic rings. The average Bonchev–Trinajstić information content (AvgIpc) is 3.18. The lowest BCUT2D eigenvalue weighted by atomic mass is 9.72. The number of nitrogens with one attached hydrogen (secondary N) is 1. The number of halogens is 1. The molecule has 0 radical (unpaired) electrons. The number of ether oxygens (including phenoxy) is 2. The summed E-state index contributed by atoms with van der Waals surface area (Å²) < 4.78 is 12.1. The van der Waals surface area contributed by atoms with E-state index >= 15 is 0 Å². The minimum atomic E-state index is -0.348. The van der Waals surface area contributed by atoms with Crippen LogP contribution in [0.4, 0.5) is 11.4 Å². The van der Waals surface area contributed by atoms with E-state index in [1.54, 1.807) is 0 Å². The van der Waals surface area contributed by atoms with Crippen molar-refractivity contribution in [2.24, 2.45) is 10.9 Å². The Morgan fingerprint density at radius 3 is 2.53 bits per heavy atom. The van der Waals surface area contributed by atoms with E-state index in [0.29, 0.717) is 17.9 Å². The number of anilines is 1. The van der Waals surface area contributed by atoms with Crippen LogP contribution in [-0.2, 0) is 4.79 Å². The van der Waals surface area contributed by atoms with E-state index in [2.05, 4.69) is 33.4 Å². The van der Waals surface area contributed by atoms with E-state index < -0.39 is 0 Å². The van der Waals surface area contributed by atoms with Gasteiger partial charge in [0.1, 0.15) is 5.78 Å². The van der Waals surface area contributed by atoms with Crippen molar-refractivity contribution in [1.29, 1.82) is 0 Å². The van der Waals surface area contributed by atoms with Crippen LogP contribution in [-0.4, -0.2) is 18.3 Å². The van der Waals surface area contributed by atoms with Crippen LogP contribution in [0, 0.1) is 5.92 Å². The van der Waals surface area contributed by atoms with Crippen molar-refractivity contribution in [3.05, 3.63) is 82.3 Å². The van der Waals surface area contributed by atoms with Gasteiger partial charge in [-0.05, 0) is 47.7 Å². The number of carbonyl (C=O) groups is 1.